The van der Waals surface area contributed by atoms with Crippen molar-refractivity contribution in [2.75, 3.05) is 32.7 Å². The molecule has 1 aromatic rings. The summed E-state index contributed by atoms with van der Waals surface area (Å²) in [5.41, 5.74) is 1.08. The minimum Gasteiger partial charge on any atom is -0.504 e. The van der Waals surface area contributed by atoms with Crippen molar-refractivity contribution in [2.24, 2.45) is 0 Å². The van der Waals surface area contributed by atoms with Crippen LogP contribution in [0.15, 0.2) is 12.1 Å². The molecule has 6 atom stereocenters. The number of methoxy groups -OCH3 is 1. The molecule has 194 valence electrons. The SMILES string of the molecule is CO[C@@]12CC[C@@H](N[C@@H](CCSC)C(=O)OC(C)(C)C)[C@@H]3Oc4c(O)ccc5c4C31CCN(C)C2C5. The van der Waals surface area contributed by atoms with Crippen molar-refractivity contribution in [1.29, 1.82) is 0 Å². The number of benzene rings is 1. The summed E-state index contributed by atoms with van der Waals surface area (Å²) in [6.45, 7) is 6.67. The summed E-state index contributed by atoms with van der Waals surface area (Å²) in [6, 6.07) is 3.60. The number of nitrogens with zero attached hydrogens (tertiary/aromatic N) is 1. The van der Waals surface area contributed by atoms with E-state index in [4.69, 9.17) is 14.2 Å². The zero-order valence-electron chi connectivity index (χ0n) is 21.8. The number of ether oxygens (including phenoxy) is 3. The first-order valence-electron chi connectivity index (χ1n) is 12.8. The lowest BCUT2D eigenvalue weighted by atomic mass is 9.48. The smallest absolute Gasteiger partial charge is 0.323 e. The second-order valence-corrected chi connectivity index (χ2v) is 12.7. The van der Waals surface area contributed by atoms with Gasteiger partial charge in [-0.15, -0.1) is 0 Å². The van der Waals surface area contributed by atoms with Gasteiger partial charge < -0.3 is 24.2 Å². The fourth-order valence-corrected chi connectivity index (χ4v) is 7.92. The van der Waals surface area contributed by atoms with Gasteiger partial charge in [-0.3, -0.25) is 10.1 Å². The molecule has 2 fully saturated rings. The second kappa shape index (κ2) is 8.82. The van der Waals surface area contributed by atoms with E-state index in [1.54, 1.807) is 17.8 Å². The molecule has 4 aliphatic rings. The van der Waals surface area contributed by atoms with Gasteiger partial charge in [0.25, 0.3) is 0 Å². The molecule has 2 N–H and O–H groups in total. The molecule has 5 rings (SSSR count). The fourth-order valence-electron chi connectivity index (χ4n) is 7.45. The Kier molecular flexibility index (Phi) is 6.35. The Labute approximate surface area is 213 Å². The van der Waals surface area contributed by atoms with Crippen LogP contribution < -0.4 is 10.1 Å². The third-order valence-electron chi connectivity index (χ3n) is 8.77. The molecule has 8 heteroatoms. The molecule has 0 radical (unpaired) electrons. The Morgan fingerprint density at radius 1 is 1.37 bits per heavy atom. The number of phenolic OH excluding ortho intramolecular Hbond substituents is 1. The monoisotopic (exact) mass is 504 g/mol. The molecule has 0 amide bonds. The number of likely N-dealkylation sites (N-methyl/N-ethyl adjacent to an activating group) is 1. The standard InChI is InChI=1S/C27H40N2O5S/c1-25(2,3)34-24(31)18(10-14-35-6)28-17-9-11-27(32-5)20-15-16-7-8-19(30)22-21(16)26(27,23(17)33-22)12-13-29(20)4/h7-8,17-18,20,23,28,30H,9-15H2,1-6H3/t17-,18+,20?,23+,26?,27-/m1/s1. The number of piperidine rings is 1. The van der Waals surface area contributed by atoms with Gasteiger partial charge in [0.15, 0.2) is 11.5 Å². The predicted molar refractivity (Wildman–Crippen MR) is 137 cm³/mol. The van der Waals surface area contributed by atoms with Crippen molar-refractivity contribution in [3.05, 3.63) is 23.3 Å². The molecular weight excluding hydrogens is 464 g/mol. The summed E-state index contributed by atoms with van der Waals surface area (Å²) in [6.07, 6.45) is 5.99. The van der Waals surface area contributed by atoms with Crippen molar-refractivity contribution < 1.29 is 24.1 Å². The van der Waals surface area contributed by atoms with Crippen LogP contribution in [0.1, 0.15) is 57.6 Å². The average molecular weight is 505 g/mol. The van der Waals surface area contributed by atoms with Crippen molar-refractivity contribution >= 4 is 17.7 Å². The van der Waals surface area contributed by atoms with Gasteiger partial charge in [-0.05, 0) is 90.1 Å². The third kappa shape index (κ3) is 3.70. The van der Waals surface area contributed by atoms with Crippen LogP contribution in [0, 0.1) is 0 Å². The fraction of sp³-hybridized carbons (Fsp3) is 0.741. The van der Waals surface area contributed by atoms with E-state index in [1.807, 2.05) is 27.9 Å². The summed E-state index contributed by atoms with van der Waals surface area (Å²) in [4.78, 5) is 15.6. The highest BCUT2D eigenvalue weighted by Gasteiger charge is 2.73. The van der Waals surface area contributed by atoms with Gasteiger partial charge in [-0.25, -0.2) is 0 Å². The largest absolute Gasteiger partial charge is 0.504 e. The third-order valence-corrected chi connectivity index (χ3v) is 9.42. The Morgan fingerprint density at radius 2 is 2.14 bits per heavy atom. The average Bonchev–Trinajstić information content (AvgIpc) is 3.16. The van der Waals surface area contributed by atoms with Crippen LogP contribution in [0.5, 0.6) is 11.5 Å². The van der Waals surface area contributed by atoms with Crippen LogP contribution in [-0.2, 0) is 26.1 Å². The van der Waals surface area contributed by atoms with Crippen LogP contribution in [-0.4, -0.2) is 84.1 Å². The highest BCUT2D eigenvalue weighted by Crippen LogP contribution is 2.66. The molecule has 35 heavy (non-hydrogen) atoms. The number of esters is 1. The Balaban J connectivity index is 1.55. The normalized spacial score (nSPS) is 34.2. The summed E-state index contributed by atoms with van der Waals surface area (Å²) in [5.74, 6) is 1.46. The molecule has 2 aliphatic heterocycles. The maximum Gasteiger partial charge on any atom is 0.323 e. The Bertz CT molecular complexity index is 997. The highest BCUT2D eigenvalue weighted by molar-refractivity contribution is 7.98. The van der Waals surface area contributed by atoms with E-state index in [0.717, 1.165) is 43.5 Å². The van der Waals surface area contributed by atoms with E-state index in [-0.39, 0.29) is 35.3 Å². The number of carbonyl (C=O) groups excluding carboxylic acids is 1. The number of hydrogen-bond acceptors (Lipinski definition) is 8. The first kappa shape index (κ1) is 25.2. The first-order chi connectivity index (χ1) is 16.6. The number of rotatable bonds is 7. The minimum atomic E-state index is -0.543. The topological polar surface area (TPSA) is 80.3 Å². The number of nitrogens with one attached hydrogen (secondary N) is 1. The number of carbonyl (C=O) groups is 1. The summed E-state index contributed by atoms with van der Waals surface area (Å²) >= 11 is 1.73. The van der Waals surface area contributed by atoms with Crippen LogP contribution >= 0.6 is 11.8 Å². The number of likely N-dealkylation sites (tertiary alicyclic amines) is 1. The number of thioether (sulfide) groups is 1. The molecule has 1 saturated heterocycles. The van der Waals surface area contributed by atoms with Crippen molar-refractivity contribution in [3.63, 3.8) is 0 Å². The Hall–Kier alpha value is -1.48. The highest BCUT2D eigenvalue weighted by atomic mass is 32.2. The lowest BCUT2D eigenvalue weighted by Gasteiger charge is -2.65. The van der Waals surface area contributed by atoms with Gasteiger partial charge in [0, 0.05) is 24.8 Å². The summed E-state index contributed by atoms with van der Waals surface area (Å²) in [5, 5.41) is 14.5. The molecule has 1 spiro atoms. The molecule has 2 bridgehead atoms. The van der Waals surface area contributed by atoms with E-state index in [9.17, 15) is 9.90 Å². The van der Waals surface area contributed by atoms with Crippen molar-refractivity contribution in [3.8, 4) is 11.5 Å². The summed E-state index contributed by atoms with van der Waals surface area (Å²) < 4.78 is 19.0. The van der Waals surface area contributed by atoms with Crippen LogP contribution in [0.2, 0.25) is 0 Å². The number of hydrogen-bond donors (Lipinski definition) is 2. The number of aromatic hydroxyl groups is 1. The second-order valence-electron chi connectivity index (χ2n) is 11.7. The van der Waals surface area contributed by atoms with Gasteiger partial charge >= 0.3 is 5.97 Å². The maximum absolute atomic E-state index is 13.2. The van der Waals surface area contributed by atoms with Crippen molar-refractivity contribution in [2.45, 2.75) is 93.7 Å². The molecule has 2 aliphatic carbocycles. The van der Waals surface area contributed by atoms with Gasteiger partial charge in [-0.2, -0.15) is 11.8 Å². The van der Waals surface area contributed by atoms with Gasteiger partial charge in [-0.1, -0.05) is 6.07 Å². The number of phenols is 1. The maximum atomic E-state index is 13.2. The van der Waals surface area contributed by atoms with Gasteiger partial charge in [0.1, 0.15) is 17.7 Å². The molecule has 7 nitrogen and oxygen atoms in total. The molecule has 0 aromatic heterocycles. The molecular formula is C27H40N2O5S. The predicted octanol–water partition coefficient (Wildman–Crippen LogP) is 3.25. The van der Waals surface area contributed by atoms with Crippen LogP contribution in [0.4, 0.5) is 0 Å². The van der Waals surface area contributed by atoms with Crippen LogP contribution in [0.3, 0.4) is 0 Å². The van der Waals surface area contributed by atoms with E-state index >= 15 is 0 Å². The van der Waals surface area contributed by atoms with Gasteiger partial charge in [0.2, 0.25) is 0 Å². The zero-order valence-corrected chi connectivity index (χ0v) is 22.7. The molecule has 1 saturated carbocycles. The lowest BCUT2D eigenvalue weighted by molar-refractivity contribution is -0.204. The molecule has 1 aromatic carbocycles. The first-order valence-corrected chi connectivity index (χ1v) is 14.2. The quantitative estimate of drug-likeness (QED) is 0.548. The minimum absolute atomic E-state index is 0.0561. The Morgan fingerprint density at radius 3 is 2.83 bits per heavy atom. The van der Waals surface area contributed by atoms with E-state index in [1.165, 1.54) is 5.56 Å². The molecule has 2 heterocycles. The van der Waals surface area contributed by atoms with E-state index in [2.05, 4.69) is 29.6 Å². The van der Waals surface area contributed by atoms with E-state index in [0.29, 0.717) is 12.2 Å². The molecule has 2 unspecified atom stereocenters. The van der Waals surface area contributed by atoms with Gasteiger partial charge in [0.05, 0.1) is 11.0 Å². The zero-order chi connectivity index (χ0) is 25.2. The van der Waals surface area contributed by atoms with Crippen LogP contribution in [0.25, 0.3) is 0 Å². The van der Waals surface area contributed by atoms with E-state index < -0.39 is 17.2 Å². The van der Waals surface area contributed by atoms with Crippen molar-refractivity contribution in [1.82, 2.24) is 10.2 Å². The summed E-state index contributed by atoms with van der Waals surface area (Å²) in [7, 11) is 4.03. The lowest BCUT2D eigenvalue weighted by Crippen LogP contribution is -2.78.